The van der Waals surface area contributed by atoms with E-state index in [1.807, 2.05) is 0 Å². The zero-order valence-corrected chi connectivity index (χ0v) is 12.1. The van der Waals surface area contributed by atoms with Gasteiger partial charge in [0.1, 0.15) is 0 Å². The second kappa shape index (κ2) is 6.34. The van der Waals surface area contributed by atoms with Gasteiger partial charge in [0.05, 0.1) is 11.4 Å². The van der Waals surface area contributed by atoms with Crippen molar-refractivity contribution in [1.82, 2.24) is 10.3 Å². The first-order chi connectivity index (χ1) is 9.09. The Balaban J connectivity index is 1.94. The standard InChI is InChI=1S/C13H21N3O2S/c1-16(13-5-9-14-10-6-13)19(17,18)11-7-12-4-2-3-8-15-12/h5-6,9-10,12,15H,2-4,7-8,11H2,1H3. The lowest BCUT2D eigenvalue weighted by Crippen LogP contribution is -2.37. The van der Waals surface area contributed by atoms with Crippen LogP contribution < -0.4 is 9.62 Å². The zero-order valence-electron chi connectivity index (χ0n) is 11.2. The second-order valence-corrected chi connectivity index (χ2v) is 7.04. The number of sulfonamides is 1. The first-order valence-electron chi connectivity index (χ1n) is 6.69. The second-order valence-electron chi connectivity index (χ2n) is 4.92. The van der Waals surface area contributed by atoms with Gasteiger partial charge in [-0.3, -0.25) is 9.29 Å². The molecule has 1 unspecified atom stereocenters. The number of rotatable bonds is 5. The minimum absolute atomic E-state index is 0.184. The van der Waals surface area contributed by atoms with Crippen LogP contribution in [0.25, 0.3) is 0 Å². The van der Waals surface area contributed by atoms with Crippen molar-refractivity contribution in [2.75, 3.05) is 23.7 Å². The summed E-state index contributed by atoms with van der Waals surface area (Å²) in [7, 11) is -1.65. The summed E-state index contributed by atoms with van der Waals surface area (Å²) < 4.78 is 25.8. The molecule has 1 fully saturated rings. The first kappa shape index (κ1) is 14.3. The van der Waals surface area contributed by atoms with E-state index in [1.54, 1.807) is 31.6 Å². The van der Waals surface area contributed by atoms with Crippen LogP contribution in [0, 0.1) is 0 Å². The monoisotopic (exact) mass is 283 g/mol. The fraction of sp³-hybridized carbons (Fsp3) is 0.615. The third kappa shape index (κ3) is 3.91. The van der Waals surface area contributed by atoms with Crippen molar-refractivity contribution in [1.29, 1.82) is 0 Å². The van der Waals surface area contributed by atoms with Gasteiger partial charge in [0.15, 0.2) is 0 Å². The van der Waals surface area contributed by atoms with E-state index in [0.717, 1.165) is 13.0 Å². The molecule has 1 aromatic rings. The molecule has 0 aliphatic carbocycles. The summed E-state index contributed by atoms with van der Waals surface area (Å²) in [6, 6.07) is 3.75. The maximum atomic E-state index is 12.3. The minimum Gasteiger partial charge on any atom is -0.314 e. The Kier molecular flexibility index (Phi) is 4.76. The molecule has 0 spiro atoms. The summed E-state index contributed by atoms with van der Waals surface area (Å²) in [6.07, 6.45) is 7.35. The van der Waals surface area contributed by atoms with Crippen LogP contribution in [0.5, 0.6) is 0 Å². The molecule has 1 aliphatic rings. The van der Waals surface area contributed by atoms with Crippen LogP contribution in [-0.4, -0.2) is 38.8 Å². The molecule has 0 saturated carbocycles. The van der Waals surface area contributed by atoms with Gasteiger partial charge in [0, 0.05) is 25.5 Å². The number of hydrogen-bond acceptors (Lipinski definition) is 4. The van der Waals surface area contributed by atoms with E-state index in [2.05, 4.69) is 10.3 Å². The van der Waals surface area contributed by atoms with Gasteiger partial charge >= 0.3 is 0 Å². The van der Waals surface area contributed by atoms with Gasteiger partial charge in [-0.2, -0.15) is 0 Å². The van der Waals surface area contributed by atoms with Gasteiger partial charge in [-0.25, -0.2) is 8.42 Å². The molecule has 1 N–H and O–H groups in total. The molecule has 1 atom stereocenters. The summed E-state index contributed by atoms with van der Waals surface area (Å²) in [5.74, 6) is 0.184. The van der Waals surface area contributed by atoms with E-state index in [9.17, 15) is 8.42 Å². The smallest absolute Gasteiger partial charge is 0.234 e. The predicted octanol–water partition coefficient (Wildman–Crippen LogP) is 1.38. The molecule has 6 heteroatoms. The van der Waals surface area contributed by atoms with Crippen molar-refractivity contribution in [2.45, 2.75) is 31.7 Å². The van der Waals surface area contributed by atoms with Gasteiger partial charge in [-0.15, -0.1) is 0 Å². The average molecular weight is 283 g/mol. The molecule has 0 amide bonds. The maximum absolute atomic E-state index is 12.3. The molecule has 0 aromatic carbocycles. The molecule has 5 nitrogen and oxygen atoms in total. The highest BCUT2D eigenvalue weighted by Crippen LogP contribution is 2.17. The molecular formula is C13H21N3O2S. The van der Waals surface area contributed by atoms with Crippen LogP contribution in [0.4, 0.5) is 5.69 Å². The van der Waals surface area contributed by atoms with Crippen molar-refractivity contribution in [3.63, 3.8) is 0 Å². The lowest BCUT2D eigenvalue weighted by Gasteiger charge is -2.25. The number of nitrogens with zero attached hydrogens (tertiary/aromatic N) is 2. The van der Waals surface area contributed by atoms with Crippen molar-refractivity contribution < 1.29 is 8.42 Å². The normalized spacial score (nSPS) is 20.2. The van der Waals surface area contributed by atoms with Crippen LogP contribution in [-0.2, 0) is 10.0 Å². The van der Waals surface area contributed by atoms with Crippen molar-refractivity contribution >= 4 is 15.7 Å². The minimum atomic E-state index is -3.25. The number of aromatic nitrogens is 1. The SMILES string of the molecule is CN(c1ccncc1)S(=O)(=O)CCC1CCCCN1. The highest BCUT2D eigenvalue weighted by molar-refractivity contribution is 7.92. The fourth-order valence-electron chi connectivity index (χ4n) is 2.31. The van der Waals surface area contributed by atoms with Crippen molar-refractivity contribution in [3.05, 3.63) is 24.5 Å². The molecule has 2 heterocycles. The summed E-state index contributed by atoms with van der Waals surface area (Å²) in [5.41, 5.74) is 0.659. The third-order valence-electron chi connectivity index (χ3n) is 3.58. The zero-order chi connectivity index (χ0) is 13.7. The van der Waals surface area contributed by atoms with Gasteiger partial charge in [0.2, 0.25) is 10.0 Å². The number of hydrogen-bond donors (Lipinski definition) is 1. The van der Waals surface area contributed by atoms with Crippen molar-refractivity contribution in [3.8, 4) is 0 Å². The Hall–Kier alpha value is -1.14. The summed E-state index contributed by atoms with van der Waals surface area (Å²) >= 11 is 0. The van der Waals surface area contributed by atoms with E-state index in [1.165, 1.54) is 17.1 Å². The van der Waals surface area contributed by atoms with Crippen LogP contribution >= 0.6 is 0 Å². The Morgan fingerprint density at radius 3 is 2.74 bits per heavy atom. The molecule has 1 aliphatic heterocycles. The molecule has 106 valence electrons. The number of piperidine rings is 1. The average Bonchev–Trinajstić information content (AvgIpc) is 2.46. The predicted molar refractivity (Wildman–Crippen MR) is 76.7 cm³/mol. The van der Waals surface area contributed by atoms with E-state index < -0.39 is 10.0 Å². The van der Waals surface area contributed by atoms with E-state index in [0.29, 0.717) is 18.2 Å². The van der Waals surface area contributed by atoms with Gasteiger partial charge in [-0.05, 0) is 37.9 Å². The molecule has 0 radical (unpaired) electrons. The number of anilines is 1. The van der Waals surface area contributed by atoms with E-state index >= 15 is 0 Å². The van der Waals surface area contributed by atoms with E-state index in [4.69, 9.17) is 0 Å². The summed E-state index contributed by atoms with van der Waals surface area (Å²) in [4.78, 5) is 3.90. The Morgan fingerprint density at radius 2 is 2.11 bits per heavy atom. The van der Waals surface area contributed by atoms with Gasteiger partial charge in [-0.1, -0.05) is 6.42 Å². The lowest BCUT2D eigenvalue weighted by atomic mass is 10.0. The van der Waals surface area contributed by atoms with Crippen LogP contribution in [0.1, 0.15) is 25.7 Å². The van der Waals surface area contributed by atoms with Gasteiger partial charge < -0.3 is 5.32 Å². The highest BCUT2D eigenvalue weighted by Gasteiger charge is 2.21. The Bertz CT molecular complexity index is 484. The molecule has 0 bridgehead atoms. The molecule has 19 heavy (non-hydrogen) atoms. The third-order valence-corrected chi connectivity index (χ3v) is 5.38. The summed E-state index contributed by atoms with van der Waals surface area (Å²) in [6.45, 7) is 1.00. The van der Waals surface area contributed by atoms with Crippen molar-refractivity contribution in [2.24, 2.45) is 0 Å². The quantitative estimate of drug-likeness (QED) is 0.887. The highest BCUT2D eigenvalue weighted by atomic mass is 32.2. The summed E-state index contributed by atoms with van der Waals surface area (Å²) in [5, 5.41) is 3.38. The Morgan fingerprint density at radius 1 is 1.37 bits per heavy atom. The van der Waals surface area contributed by atoms with Gasteiger partial charge in [0.25, 0.3) is 0 Å². The fourth-order valence-corrected chi connectivity index (χ4v) is 3.61. The lowest BCUT2D eigenvalue weighted by molar-refractivity contribution is 0.392. The first-order valence-corrected chi connectivity index (χ1v) is 8.30. The topological polar surface area (TPSA) is 62.3 Å². The largest absolute Gasteiger partial charge is 0.314 e. The maximum Gasteiger partial charge on any atom is 0.234 e. The van der Waals surface area contributed by atoms with Crippen LogP contribution in [0.3, 0.4) is 0 Å². The molecule has 2 rings (SSSR count). The van der Waals surface area contributed by atoms with Crippen LogP contribution in [0.2, 0.25) is 0 Å². The molecular weight excluding hydrogens is 262 g/mol. The Labute approximate surface area is 115 Å². The van der Waals surface area contributed by atoms with Crippen LogP contribution in [0.15, 0.2) is 24.5 Å². The number of pyridine rings is 1. The van der Waals surface area contributed by atoms with E-state index in [-0.39, 0.29) is 5.75 Å². The number of nitrogens with one attached hydrogen (secondary N) is 1. The molecule has 1 saturated heterocycles. The molecule has 1 aromatic heterocycles.